The number of anilines is 2. The number of likely N-dealkylation sites (tertiary alicyclic amines) is 1. The average Bonchev–Trinajstić information content (AvgIpc) is 3.85. The molecule has 4 heterocycles. The van der Waals surface area contributed by atoms with Crippen LogP contribution in [-0.2, 0) is 17.7 Å². The number of carboxylic acid groups (broad SMARTS) is 1. The van der Waals surface area contributed by atoms with E-state index in [1.165, 1.54) is 4.90 Å². The molecule has 2 saturated heterocycles. The lowest BCUT2D eigenvalue weighted by atomic mass is 10.0. The van der Waals surface area contributed by atoms with Crippen LogP contribution in [0.1, 0.15) is 51.3 Å². The van der Waals surface area contributed by atoms with E-state index in [0.29, 0.717) is 37.7 Å². The Morgan fingerprint density at radius 3 is 2.51 bits per heavy atom. The third-order valence-electron chi connectivity index (χ3n) is 10.6. The van der Waals surface area contributed by atoms with Gasteiger partial charge in [0.15, 0.2) is 0 Å². The molecule has 3 fully saturated rings. The molecule has 2 aromatic carbocycles. The van der Waals surface area contributed by atoms with E-state index in [-0.39, 0.29) is 36.7 Å². The second-order valence-corrected chi connectivity index (χ2v) is 15.5. The van der Waals surface area contributed by atoms with Crippen LogP contribution < -0.4 is 14.5 Å². The number of carbonyl (C=O) groups is 2. The van der Waals surface area contributed by atoms with Gasteiger partial charge in [-0.3, -0.25) is 4.90 Å². The molecule has 4 aliphatic rings. The molecule has 1 saturated carbocycles. The molecule has 1 atom stereocenters. The molecule has 1 aliphatic carbocycles. The van der Waals surface area contributed by atoms with Crippen molar-refractivity contribution in [2.24, 2.45) is 0 Å². The molecular formula is C37H45ClN8O5. The predicted octanol–water partition coefficient (Wildman–Crippen LogP) is 5.39. The number of rotatable bonds is 8. The van der Waals surface area contributed by atoms with Crippen molar-refractivity contribution < 1.29 is 24.2 Å². The summed E-state index contributed by atoms with van der Waals surface area (Å²) in [5.74, 6) is 0.742. The first kappa shape index (κ1) is 34.9. The molecule has 7 rings (SSSR count). The van der Waals surface area contributed by atoms with Gasteiger partial charge in [-0.2, -0.15) is 15.2 Å². The molecule has 270 valence electrons. The Morgan fingerprint density at radius 2 is 1.82 bits per heavy atom. The minimum Gasteiger partial charge on any atom is -0.465 e. The Bertz CT molecular complexity index is 1860. The van der Waals surface area contributed by atoms with E-state index < -0.39 is 17.7 Å². The fourth-order valence-electron chi connectivity index (χ4n) is 7.51. The van der Waals surface area contributed by atoms with Gasteiger partial charge >= 0.3 is 18.2 Å². The highest BCUT2D eigenvalue weighted by Gasteiger charge is 2.54. The summed E-state index contributed by atoms with van der Waals surface area (Å²) in [5.41, 5.74) is 2.22. The number of likely N-dealkylation sites (N-methyl/N-ethyl adjacent to an activating group) is 1. The Morgan fingerprint density at radius 1 is 1.08 bits per heavy atom. The number of amides is 2. The maximum absolute atomic E-state index is 12.6. The smallest absolute Gasteiger partial charge is 0.410 e. The number of fused-ring (bicyclic) bond motifs is 2. The summed E-state index contributed by atoms with van der Waals surface area (Å²) in [6.45, 7) is 9.84. The van der Waals surface area contributed by atoms with Gasteiger partial charge in [-0.05, 0) is 57.6 Å². The Hall–Kier alpha value is -4.54. The maximum atomic E-state index is 12.6. The van der Waals surface area contributed by atoms with Crippen molar-refractivity contribution >= 4 is 46.1 Å². The molecule has 51 heavy (non-hydrogen) atoms. The molecule has 1 aromatic heterocycles. The summed E-state index contributed by atoms with van der Waals surface area (Å²) >= 11 is 6.73. The molecule has 3 aliphatic heterocycles. The zero-order valence-corrected chi connectivity index (χ0v) is 30.4. The van der Waals surface area contributed by atoms with Gasteiger partial charge in [-0.15, -0.1) is 0 Å². The van der Waals surface area contributed by atoms with Gasteiger partial charge in [-0.25, -0.2) is 9.59 Å². The van der Waals surface area contributed by atoms with Crippen LogP contribution >= 0.6 is 11.6 Å². The van der Waals surface area contributed by atoms with Gasteiger partial charge in [0.2, 0.25) is 0 Å². The first-order valence-corrected chi connectivity index (χ1v) is 18.0. The molecular weight excluding hydrogens is 672 g/mol. The number of hydrogen-bond donors (Lipinski definition) is 1. The molecule has 0 spiro atoms. The summed E-state index contributed by atoms with van der Waals surface area (Å²) in [7, 11) is 1.79. The van der Waals surface area contributed by atoms with Crippen LogP contribution in [0.5, 0.6) is 6.01 Å². The normalized spacial score (nSPS) is 20.3. The molecule has 1 N–H and O–H groups in total. The number of benzene rings is 2. The van der Waals surface area contributed by atoms with Crippen LogP contribution in [0.15, 0.2) is 36.4 Å². The van der Waals surface area contributed by atoms with Gasteiger partial charge in [0.1, 0.15) is 18.0 Å². The van der Waals surface area contributed by atoms with Gasteiger partial charge in [-0.1, -0.05) is 35.9 Å². The Kier molecular flexibility index (Phi) is 9.26. The molecule has 0 bridgehead atoms. The standard InChI is InChI=1S/C37H45ClN8O5/c1-36(2,3)51-35(49)42(4)26-20-45(21-26)37(13-14-37)23-50-33-40-29-22-43(30-10-6-8-24-7-5-9-28(38)31(24)30)16-12-27(29)32(41-33)44-17-18-46(34(47)48)25(19-44)11-15-39/h5-10,25-26H,11-14,16-23H2,1-4H3,(H,47,48)/t25-/m0/s1. The first-order chi connectivity index (χ1) is 24.4. The summed E-state index contributed by atoms with van der Waals surface area (Å²) in [5, 5.41) is 22.1. The monoisotopic (exact) mass is 716 g/mol. The van der Waals surface area contributed by atoms with Gasteiger partial charge in [0, 0.05) is 63.0 Å². The topological polar surface area (TPSA) is 139 Å². The van der Waals surface area contributed by atoms with Crippen molar-refractivity contribution in [3.63, 3.8) is 0 Å². The van der Waals surface area contributed by atoms with E-state index >= 15 is 0 Å². The highest BCUT2D eigenvalue weighted by Crippen LogP contribution is 2.45. The van der Waals surface area contributed by atoms with Crippen molar-refractivity contribution in [1.82, 2.24) is 24.7 Å². The quantitative estimate of drug-likeness (QED) is 0.321. The third-order valence-corrected chi connectivity index (χ3v) is 10.9. The minimum absolute atomic E-state index is 0.0725. The lowest BCUT2D eigenvalue weighted by molar-refractivity contribution is -0.0288. The van der Waals surface area contributed by atoms with Crippen LogP contribution in [0.3, 0.4) is 0 Å². The fourth-order valence-corrected chi connectivity index (χ4v) is 7.78. The number of halogens is 1. The highest BCUT2D eigenvalue weighted by atomic mass is 35.5. The molecule has 0 unspecified atom stereocenters. The molecule has 13 nitrogen and oxygen atoms in total. The van der Waals surface area contributed by atoms with Gasteiger partial charge < -0.3 is 34.2 Å². The predicted molar refractivity (Wildman–Crippen MR) is 194 cm³/mol. The lowest BCUT2D eigenvalue weighted by Crippen LogP contribution is -2.64. The Labute approximate surface area is 303 Å². The average molecular weight is 717 g/mol. The van der Waals surface area contributed by atoms with E-state index in [0.717, 1.165) is 66.0 Å². The summed E-state index contributed by atoms with van der Waals surface area (Å²) in [4.78, 5) is 44.4. The number of aromatic nitrogens is 2. The summed E-state index contributed by atoms with van der Waals surface area (Å²) in [6.07, 6.45) is 1.40. The number of ether oxygens (including phenoxy) is 2. The zero-order chi connectivity index (χ0) is 36.1. The van der Waals surface area contributed by atoms with Crippen LogP contribution in [0, 0.1) is 11.3 Å². The van der Waals surface area contributed by atoms with Crippen molar-refractivity contribution in [3.05, 3.63) is 52.7 Å². The SMILES string of the molecule is CN(C(=O)OC(C)(C)C)C1CN(C2(COc3nc4c(c(N5CCN(C(=O)O)[C@@H](CC#N)C5)n3)CCN(c3cccc5cccc(Cl)c35)C4)CC2)C1. The zero-order valence-electron chi connectivity index (χ0n) is 29.6. The molecule has 3 aromatic rings. The van der Waals surface area contributed by atoms with Crippen molar-refractivity contribution in [3.8, 4) is 12.1 Å². The largest absolute Gasteiger partial charge is 0.465 e. The van der Waals surface area contributed by atoms with E-state index in [9.17, 15) is 20.0 Å². The maximum Gasteiger partial charge on any atom is 0.410 e. The minimum atomic E-state index is -1.02. The van der Waals surface area contributed by atoms with Crippen LogP contribution in [-0.4, -0.2) is 118 Å². The van der Waals surface area contributed by atoms with Crippen molar-refractivity contribution in [2.75, 3.05) is 62.7 Å². The first-order valence-electron chi connectivity index (χ1n) is 17.6. The number of hydrogen-bond acceptors (Lipinski definition) is 10. The van der Waals surface area contributed by atoms with E-state index in [2.05, 4.69) is 39.0 Å². The third kappa shape index (κ3) is 7.04. The lowest BCUT2D eigenvalue weighted by Gasteiger charge is -2.48. The van der Waals surface area contributed by atoms with Crippen molar-refractivity contribution in [1.29, 1.82) is 5.26 Å². The van der Waals surface area contributed by atoms with Crippen molar-refractivity contribution in [2.45, 2.75) is 76.2 Å². The number of nitrogens with zero attached hydrogens (tertiary/aromatic N) is 8. The van der Waals surface area contributed by atoms with Gasteiger partial charge in [0.05, 0.1) is 47.4 Å². The van der Waals surface area contributed by atoms with Crippen LogP contribution in [0.25, 0.3) is 10.8 Å². The van der Waals surface area contributed by atoms with E-state index in [4.69, 9.17) is 31.0 Å². The molecule has 2 amide bonds. The molecule has 14 heteroatoms. The summed E-state index contributed by atoms with van der Waals surface area (Å²) < 4.78 is 12.0. The number of carbonyl (C=O) groups excluding carboxylic acids is 1. The van der Waals surface area contributed by atoms with E-state index in [1.807, 2.05) is 39.0 Å². The van der Waals surface area contributed by atoms with Crippen LogP contribution in [0.2, 0.25) is 5.02 Å². The van der Waals surface area contributed by atoms with E-state index in [1.54, 1.807) is 11.9 Å². The fraction of sp³-hybridized carbons (Fsp3) is 0.541. The van der Waals surface area contributed by atoms with Gasteiger partial charge in [0.25, 0.3) is 0 Å². The Balaban J connectivity index is 1.13. The molecule has 0 radical (unpaired) electrons. The second kappa shape index (κ2) is 13.5. The number of nitriles is 1. The number of piperazine rings is 1. The summed E-state index contributed by atoms with van der Waals surface area (Å²) in [6, 6.07) is 14.2. The second-order valence-electron chi connectivity index (χ2n) is 15.1. The highest BCUT2D eigenvalue weighted by molar-refractivity contribution is 6.36. The van der Waals surface area contributed by atoms with Crippen LogP contribution in [0.4, 0.5) is 21.1 Å².